The van der Waals surface area contributed by atoms with Crippen LogP contribution in [0.1, 0.15) is 33.1 Å². The lowest BCUT2D eigenvalue weighted by Crippen LogP contribution is -2.34. The molecule has 19 heavy (non-hydrogen) atoms. The molecule has 0 atom stereocenters. The first-order valence-corrected chi connectivity index (χ1v) is 6.32. The number of hydrogen-bond acceptors (Lipinski definition) is 4. The zero-order chi connectivity index (χ0) is 13.8. The van der Waals surface area contributed by atoms with Crippen molar-refractivity contribution in [3.63, 3.8) is 0 Å². The molecule has 0 saturated heterocycles. The molecular weight excluding hydrogens is 304 g/mol. The van der Waals surface area contributed by atoms with Gasteiger partial charge in [0.2, 0.25) is 0 Å². The van der Waals surface area contributed by atoms with Crippen LogP contribution in [0.2, 0.25) is 0 Å². The Morgan fingerprint density at radius 3 is 1.74 bits per heavy atom. The summed E-state index contributed by atoms with van der Waals surface area (Å²) in [7, 11) is 0. The first kappa shape index (κ1) is 18.0. The van der Waals surface area contributed by atoms with E-state index in [9.17, 15) is 0 Å². The van der Waals surface area contributed by atoms with Gasteiger partial charge in [0.25, 0.3) is 0 Å². The van der Waals surface area contributed by atoms with Crippen molar-refractivity contribution in [1.82, 2.24) is 10.9 Å². The molecule has 0 radical (unpaired) electrons. The number of halogens is 1. The van der Waals surface area contributed by atoms with Gasteiger partial charge in [0, 0.05) is 17.8 Å². The third kappa shape index (κ3) is 7.24. The van der Waals surface area contributed by atoms with Crippen LogP contribution in [0.15, 0.2) is 10.2 Å². The first-order valence-electron chi connectivity index (χ1n) is 5.50. The van der Waals surface area contributed by atoms with Crippen LogP contribution in [0, 0.1) is 5.41 Å². The van der Waals surface area contributed by atoms with E-state index >= 15 is 0 Å². The average Bonchev–Trinajstić information content (AvgIpc) is 2.21. The summed E-state index contributed by atoms with van der Waals surface area (Å²) in [5.41, 5.74) is 17.9. The molecule has 0 aromatic heterocycles. The van der Waals surface area contributed by atoms with Crippen molar-refractivity contribution in [2.45, 2.75) is 33.1 Å². The third-order valence-electron chi connectivity index (χ3n) is 2.42. The van der Waals surface area contributed by atoms with Gasteiger partial charge in [-0.2, -0.15) is 10.2 Å². The van der Waals surface area contributed by atoms with Crippen molar-refractivity contribution < 1.29 is 0 Å². The molecule has 0 unspecified atom stereocenters. The molecule has 0 aromatic rings. The quantitative estimate of drug-likeness (QED) is 0.447. The molecule has 0 spiro atoms. The molecular formula is C10H19ClN6S2. The van der Waals surface area contributed by atoms with Gasteiger partial charge in [-0.1, -0.05) is 13.8 Å². The van der Waals surface area contributed by atoms with Gasteiger partial charge >= 0.3 is 0 Å². The van der Waals surface area contributed by atoms with E-state index < -0.39 is 0 Å². The first-order chi connectivity index (χ1) is 8.28. The van der Waals surface area contributed by atoms with Crippen LogP contribution in [-0.2, 0) is 0 Å². The van der Waals surface area contributed by atoms with Crippen LogP contribution in [0.4, 0.5) is 0 Å². The number of hydrogen-bond donors (Lipinski definition) is 4. The Kier molecular flexibility index (Phi) is 7.17. The second kappa shape index (κ2) is 7.56. The minimum absolute atomic E-state index is 0. The monoisotopic (exact) mass is 322 g/mol. The van der Waals surface area contributed by atoms with E-state index in [1.165, 1.54) is 0 Å². The lowest BCUT2D eigenvalue weighted by atomic mass is 9.75. The normalized spacial score (nSPS) is 21.6. The fraction of sp³-hybridized carbons (Fsp3) is 0.600. The van der Waals surface area contributed by atoms with Crippen LogP contribution >= 0.6 is 36.8 Å². The molecule has 1 saturated carbocycles. The van der Waals surface area contributed by atoms with Crippen molar-refractivity contribution in [1.29, 1.82) is 0 Å². The molecule has 1 aliphatic rings. The highest BCUT2D eigenvalue weighted by Crippen LogP contribution is 2.32. The summed E-state index contributed by atoms with van der Waals surface area (Å²) in [6.07, 6.45) is 2.40. The minimum atomic E-state index is 0. The summed E-state index contributed by atoms with van der Waals surface area (Å²) in [6, 6.07) is 0. The van der Waals surface area contributed by atoms with Crippen LogP contribution in [-0.4, -0.2) is 21.6 Å². The smallest absolute Gasteiger partial charge is 0.184 e. The van der Waals surface area contributed by atoms with E-state index in [1.807, 2.05) is 0 Å². The summed E-state index contributed by atoms with van der Waals surface area (Å²) in [6.45, 7) is 4.30. The zero-order valence-corrected chi connectivity index (χ0v) is 13.3. The highest BCUT2D eigenvalue weighted by atomic mass is 35.5. The Morgan fingerprint density at radius 1 is 1.05 bits per heavy atom. The average molecular weight is 323 g/mol. The Labute approximate surface area is 129 Å². The van der Waals surface area contributed by atoms with Gasteiger partial charge in [-0.05, 0) is 42.7 Å². The van der Waals surface area contributed by atoms with E-state index in [4.69, 9.17) is 35.9 Å². The fourth-order valence-corrected chi connectivity index (χ4v) is 2.05. The van der Waals surface area contributed by atoms with Crippen LogP contribution in [0.5, 0.6) is 0 Å². The molecule has 6 N–H and O–H groups in total. The van der Waals surface area contributed by atoms with Crippen molar-refractivity contribution in [2.24, 2.45) is 27.1 Å². The van der Waals surface area contributed by atoms with Crippen molar-refractivity contribution in [3.8, 4) is 0 Å². The minimum Gasteiger partial charge on any atom is -0.375 e. The molecule has 0 heterocycles. The summed E-state index contributed by atoms with van der Waals surface area (Å²) >= 11 is 9.44. The van der Waals surface area contributed by atoms with Gasteiger partial charge in [0.1, 0.15) is 0 Å². The Morgan fingerprint density at radius 2 is 1.42 bits per heavy atom. The van der Waals surface area contributed by atoms with Crippen LogP contribution in [0.3, 0.4) is 0 Å². The molecule has 0 bridgehead atoms. The zero-order valence-electron chi connectivity index (χ0n) is 10.9. The topological polar surface area (TPSA) is 101 Å². The number of nitrogens with one attached hydrogen (secondary N) is 2. The maximum Gasteiger partial charge on any atom is 0.184 e. The third-order valence-corrected chi connectivity index (χ3v) is 2.60. The highest BCUT2D eigenvalue weighted by molar-refractivity contribution is 7.80. The van der Waals surface area contributed by atoms with Gasteiger partial charge in [-0.25, -0.2) is 0 Å². The summed E-state index contributed by atoms with van der Waals surface area (Å²) < 4.78 is 0. The van der Waals surface area contributed by atoms with Gasteiger partial charge in [0.05, 0.1) is 0 Å². The number of rotatable bonds is 2. The second-order valence-electron chi connectivity index (χ2n) is 5.00. The van der Waals surface area contributed by atoms with Gasteiger partial charge < -0.3 is 11.5 Å². The summed E-state index contributed by atoms with van der Waals surface area (Å²) in [5, 5.41) is 8.68. The molecule has 9 heteroatoms. The predicted molar refractivity (Wildman–Crippen MR) is 89.6 cm³/mol. The fourth-order valence-electron chi connectivity index (χ4n) is 1.95. The molecule has 108 valence electrons. The number of thiocarbonyl (C=S) groups is 2. The molecule has 1 aliphatic carbocycles. The lowest BCUT2D eigenvalue weighted by Gasteiger charge is -2.31. The lowest BCUT2D eigenvalue weighted by molar-refractivity contribution is 0.388. The number of nitrogens with zero attached hydrogens (tertiary/aromatic N) is 2. The van der Waals surface area contributed by atoms with Gasteiger partial charge in [-0.15, -0.1) is 12.4 Å². The molecule has 0 aromatic carbocycles. The SMILES string of the molecule is CC1(C)C/C(=N\NC(N)=S)C/C(=N/NC(N)=S)C1.Cl. The van der Waals surface area contributed by atoms with E-state index in [2.05, 4.69) is 34.9 Å². The van der Waals surface area contributed by atoms with E-state index in [0.717, 1.165) is 24.3 Å². The number of nitrogens with two attached hydrogens (primary N) is 2. The molecule has 1 fully saturated rings. The largest absolute Gasteiger partial charge is 0.375 e. The van der Waals surface area contributed by atoms with Crippen molar-refractivity contribution in [2.75, 3.05) is 0 Å². The second-order valence-corrected chi connectivity index (χ2v) is 5.88. The molecule has 1 rings (SSSR count). The summed E-state index contributed by atoms with van der Waals surface area (Å²) in [5.74, 6) is 0. The molecule has 6 nitrogen and oxygen atoms in total. The van der Waals surface area contributed by atoms with Crippen molar-refractivity contribution >= 4 is 58.5 Å². The maximum absolute atomic E-state index is 5.35. The van der Waals surface area contributed by atoms with Crippen LogP contribution < -0.4 is 22.3 Å². The molecule has 0 amide bonds. The van der Waals surface area contributed by atoms with E-state index in [0.29, 0.717) is 6.42 Å². The Balaban J connectivity index is 0.00000324. The van der Waals surface area contributed by atoms with Gasteiger partial charge in [-0.3, -0.25) is 10.9 Å². The van der Waals surface area contributed by atoms with Crippen molar-refractivity contribution in [3.05, 3.63) is 0 Å². The van der Waals surface area contributed by atoms with E-state index in [1.54, 1.807) is 0 Å². The predicted octanol–water partition coefficient (Wildman–Crippen LogP) is 0.997. The van der Waals surface area contributed by atoms with Crippen LogP contribution in [0.25, 0.3) is 0 Å². The van der Waals surface area contributed by atoms with E-state index in [-0.39, 0.29) is 28.0 Å². The molecule has 0 aliphatic heterocycles. The summed E-state index contributed by atoms with van der Waals surface area (Å²) in [4.78, 5) is 0. The Bertz CT molecular complexity index is 382. The standard InChI is InChI=1S/C10H18N6S2.ClH/c1-10(2)4-6(13-15-8(11)17)3-7(5-10)14-16-9(12)18;/h3-5H2,1-2H3,(H3,11,15,17)(H3,12,16,18);1H/b13-6-,14-7-;. The Hall–Kier alpha value is -0.990. The highest BCUT2D eigenvalue weighted by Gasteiger charge is 2.29. The maximum atomic E-state index is 5.35. The number of hydrazone groups is 2. The van der Waals surface area contributed by atoms with Gasteiger partial charge in [0.15, 0.2) is 10.2 Å².